The summed E-state index contributed by atoms with van der Waals surface area (Å²) in [7, 11) is 0. The molecule has 3 rings (SSSR count). The highest BCUT2D eigenvalue weighted by atomic mass is 16.3. The number of hydrogen-bond acceptors (Lipinski definition) is 4. The molecule has 3 aromatic carbocycles. The Kier molecular flexibility index (Phi) is 6.54. The predicted octanol–water partition coefficient (Wildman–Crippen LogP) is 4.09. The normalized spacial score (nSPS) is 10.3. The Labute approximate surface area is 174 Å². The summed E-state index contributed by atoms with van der Waals surface area (Å²) >= 11 is 0. The van der Waals surface area contributed by atoms with Gasteiger partial charge in [-0.3, -0.25) is 4.79 Å². The second kappa shape index (κ2) is 9.47. The molecule has 0 bridgehead atoms. The second-order valence-electron chi connectivity index (χ2n) is 6.61. The molecule has 0 fully saturated rings. The molecule has 0 aromatic heterocycles. The van der Waals surface area contributed by atoms with E-state index in [9.17, 15) is 19.8 Å². The average molecular weight is 405 g/mol. The van der Waals surface area contributed by atoms with E-state index in [0.717, 1.165) is 11.6 Å². The fourth-order valence-corrected chi connectivity index (χ4v) is 2.95. The van der Waals surface area contributed by atoms with Crippen molar-refractivity contribution in [2.24, 2.45) is 0 Å². The van der Waals surface area contributed by atoms with Gasteiger partial charge in [0, 0.05) is 24.0 Å². The van der Waals surface area contributed by atoms with Crippen molar-refractivity contribution in [1.82, 2.24) is 5.32 Å². The molecule has 3 amide bonds. The zero-order valence-corrected chi connectivity index (χ0v) is 16.5. The zero-order valence-electron chi connectivity index (χ0n) is 16.5. The number of anilines is 2. The molecule has 7 heteroatoms. The molecule has 30 heavy (non-hydrogen) atoms. The summed E-state index contributed by atoms with van der Waals surface area (Å²) in [6.45, 7) is 2.62. The highest BCUT2D eigenvalue weighted by molar-refractivity contribution is 6.08. The van der Waals surface area contributed by atoms with Crippen molar-refractivity contribution in [2.45, 2.75) is 13.5 Å². The Morgan fingerprint density at radius 1 is 0.933 bits per heavy atom. The monoisotopic (exact) mass is 405 g/mol. The van der Waals surface area contributed by atoms with Crippen LogP contribution in [0.25, 0.3) is 0 Å². The lowest BCUT2D eigenvalue weighted by Crippen LogP contribution is -2.30. The minimum absolute atomic E-state index is 0.0771. The van der Waals surface area contributed by atoms with E-state index in [0.29, 0.717) is 17.9 Å². The van der Waals surface area contributed by atoms with Crippen molar-refractivity contribution in [2.75, 3.05) is 16.8 Å². The van der Waals surface area contributed by atoms with E-state index in [2.05, 4.69) is 10.6 Å². The molecular weight excluding hydrogens is 382 g/mol. The van der Waals surface area contributed by atoms with Gasteiger partial charge in [0.2, 0.25) is 0 Å². The van der Waals surface area contributed by atoms with Crippen LogP contribution in [0, 0.1) is 0 Å². The molecule has 7 nitrogen and oxygen atoms in total. The van der Waals surface area contributed by atoms with Crippen LogP contribution in [0.2, 0.25) is 0 Å². The van der Waals surface area contributed by atoms with Gasteiger partial charge in [-0.1, -0.05) is 30.3 Å². The van der Waals surface area contributed by atoms with Crippen LogP contribution in [-0.2, 0) is 6.54 Å². The third kappa shape index (κ3) is 5.08. The van der Waals surface area contributed by atoms with Gasteiger partial charge in [0.1, 0.15) is 11.5 Å². The lowest BCUT2D eigenvalue weighted by atomic mass is 10.1. The van der Waals surface area contributed by atoms with E-state index in [1.807, 2.05) is 37.3 Å². The molecule has 0 heterocycles. The van der Waals surface area contributed by atoms with Crippen molar-refractivity contribution in [3.8, 4) is 11.5 Å². The van der Waals surface area contributed by atoms with Gasteiger partial charge in [-0.2, -0.15) is 0 Å². The first-order chi connectivity index (χ1) is 14.5. The van der Waals surface area contributed by atoms with Crippen molar-refractivity contribution in [1.29, 1.82) is 0 Å². The Hall–Kier alpha value is -4.00. The molecule has 3 aromatic rings. The van der Waals surface area contributed by atoms with Crippen LogP contribution in [0.3, 0.4) is 0 Å². The molecular formula is C23H23N3O4. The second-order valence-corrected chi connectivity index (χ2v) is 6.61. The molecule has 0 aliphatic rings. The summed E-state index contributed by atoms with van der Waals surface area (Å²) in [5.74, 6) is -0.840. The minimum atomic E-state index is -0.416. The van der Waals surface area contributed by atoms with Gasteiger partial charge in [0.25, 0.3) is 5.91 Å². The average Bonchev–Trinajstić information content (AvgIpc) is 2.73. The first-order valence-corrected chi connectivity index (χ1v) is 9.50. The molecule has 0 spiro atoms. The summed E-state index contributed by atoms with van der Waals surface area (Å²) < 4.78 is 0. The number of aromatic hydroxyl groups is 2. The highest BCUT2D eigenvalue weighted by Gasteiger charge is 2.21. The van der Waals surface area contributed by atoms with Crippen molar-refractivity contribution < 1.29 is 19.8 Å². The van der Waals surface area contributed by atoms with Gasteiger partial charge in [-0.25, -0.2) is 4.79 Å². The number of hydrogen-bond donors (Lipinski definition) is 4. The lowest BCUT2D eigenvalue weighted by Gasteiger charge is -2.24. The Bertz CT molecular complexity index is 1020. The summed E-state index contributed by atoms with van der Waals surface area (Å²) in [5.41, 5.74) is 2.17. The van der Waals surface area contributed by atoms with Crippen LogP contribution in [-0.4, -0.2) is 28.7 Å². The lowest BCUT2D eigenvalue weighted by molar-refractivity contribution is 0.0982. The number of benzene rings is 3. The van der Waals surface area contributed by atoms with Gasteiger partial charge < -0.3 is 25.7 Å². The van der Waals surface area contributed by atoms with Crippen LogP contribution in [0.4, 0.5) is 16.2 Å². The van der Waals surface area contributed by atoms with Crippen molar-refractivity contribution in [3.63, 3.8) is 0 Å². The first kappa shape index (κ1) is 20.7. The fourth-order valence-electron chi connectivity index (χ4n) is 2.95. The summed E-state index contributed by atoms with van der Waals surface area (Å²) in [5, 5.41) is 25.0. The molecule has 0 saturated carbocycles. The largest absolute Gasteiger partial charge is 0.508 e. The standard InChI is InChI=1S/C23H23N3O4/c1-2-24-23(30)25-17-8-10-18(11-9-17)26(15-16-6-4-3-5-7-16)22(29)20-13-12-19(27)14-21(20)28/h3-14,27-28H,2,15H2,1H3,(H2,24,25,30). The molecule has 0 aliphatic carbocycles. The number of carbonyl (C=O) groups excluding carboxylic acids is 2. The Morgan fingerprint density at radius 3 is 2.27 bits per heavy atom. The Balaban J connectivity index is 1.91. The molecule has 0 radical (unpaired) electrons. The van der Waals surface area contributed by atoms with Gasteiger partial charge >= 0.3 is 6.03 Å². The van der Waals surface area contributed by atoms with Crippen LogP contribution in [0.15, 0.2) is 72.8 Å². The van der Waals surface area contributed by atoms with E-state index < -0.39 is 5.91 Å². The molecule has 154 valence electrons. The predicted molar refractivity (Wildman–Crippen MR) is 116 cm³/mol. The third-order valence-corrected chi connectivity index (χ3v) is 4.41. The molecule has 0 atom stereocenters. The van der Waals surface area contributed by atoms with E-state index in [4.69, 9.17) is 0 Å². The van der Waals surface area contributed by atoms with Crippen molar-refractivity contribution in [3.05, 3.63) is 83.9 Å². The number of rotatable bonds is 6. The quantitative estimate of drug-likeness (QED) is 0.496. The molecule has 0 saturated heterocycles. The number of nitrogens with zero attached hydrogens (tertiary/aromatic N) is 1. The highest BCUT2D eigenvalue weighted by Crippen LogP contribution is 2.28. The SMILES string of the molecule is CCNC(=O)Nc1ccc(N(Cc2ccccc2)C(=O)c2ccc(O)cc2O)cc1. The number of urea groups is 1. The number of phenols is 2. The van der Waals surface area contributed by atoms with E-state index in [-0.39, 0.29) is 29.6 Å². The molecule has 0 aliphatic heterocycles. The smallest absolute Gasteiger partial charge is 0.319 e. The summed E-state index contributed by atoms with van der Waals surface area (Å²) in [6.07, 6.45) is 0. The van der Waals surface area contributed by atoms with Gasteiger partial charge in [-0.15, -0.1) is 0 Å². The number of phenolic OH excluding ortho intramolecular Hbond substituents is 2. The van der Waals surface area contributed by atoms with Crippen LogP contribution >= 0.6 is 0 Å². The van der Waals surface area contributed by atoms with Gasteiger partial charge in [-0.05, 0) is 48.9 Å². The van der Waals surface area contributed by atoms with Gasteiger partial charge in [0.05, 0.1) is 12.1 Å². The third-order valence-electron chi connectivity index (χ3n) is 4.41. The zero-order chi connectivity index (χ0) is 21.5. The molecule has 0 unspecified atom stereocenters. The maximum Gasteiger partial charge on any atom is 0.319 e. The topological polar surface area (TPSA) is 102 Å². The maximum atomic E-state index is 13.2. The maximum absolute atomic E-state index is 13.2. The van der Waals surface area contributed by atoms with E-state index in [1.54, 1.807) is 24.3 Å². The number of nitrogens with one attached hydrogen (secondary N) is 2. The van der Waals surface area contributed by atoms with Crippen LogP contribution in [0.1, 0.15) is 22.8 Å². The van der Waals surface area contributed by atoms with Crippen LogP contribution in [0.5, 0.6) is 11.5 Å². The summed E-state index contributed by atoms with van der Waals surface area (Å²) in [6, 6.07) is 19.9. The fraction of sp³-hybridized carbons (Fsp3) is 0.130. The summed E-state index contributed by atoms with van der Waals surface area (Å²) in [4.78, 5) is 26.5. The Morgan fingerprint density at radius 2 is 1.63 bits per heavy atom. The van der Waals surface area contributed by atoms with Crippen molar-refractivity contribution >= 4 is 23.3 Å². The minimum Gasteiger partial charge on any atom is -0.508 e. The molecule has 4 N–H and O–H groups in total. The van der Waals surface area contributed by atoms with Crippen LogP contribution < -0.4 is 15.5 Å². The van der Waals surface area contributed by atoms with E-state index in [1.165, 1.54) is 17.0 Å². The van der Waals surface area contributed by atoms with Gasteiger partial charge in [0.15, 0.2) is 0 Å². The number of carbonyl (C=O) groups is 2. The first-order valence-electron chi connectivity index (χ1n) is 9.50. The number of amides is 3. The van der Waals surface area contributed by atoms with E-state index >= 15 is 0 Å².